The number of aryl methyl sites for hydroxylation is 1. The van der Waals surface area contributed by atoms with Gasteiger partial charge in [-0.05, 0) is 47.4 Å². The van der Waals surface area contributed by atoms with E-state index in [1.54, 1.807) is 6.07 Å². The van der Waals surface area contributed by atoms with Crippen molar-refractivity contribution in [2.24, 2.45) is 0 Å². The van der Waals surface area contributed by atoms with Gasteiger partial charge in [0.1, 0.15) is 11.5 Å². The van der Waals surface area contributed by atoms with Crippen LogP contribution in [0.1, 0.15) is 30.3 Å². The van der Waals surface area contributed by atoms with Crippen LogP contribution in [0.5, 0.6) is 5.75 Å². The molecule has 6 heterocycles. The lowest BCUT2D eigenvalue weighted by Gasteiger charge is -2.47. The number of phenols is 1. The summed E-state index contributed by atoms with van der Waals surface area (Å²) < 4.78 is 35.4. The lowest BCUT2D eigenvalue weighted by molar-refractivity contribution is -0.181. The highest BCUT2D eigenvalue weighted by atomic mass is 19.1. The number of H-pyrrole nitrogens is 2. The molecule has 2 aromatic heterocycles. The Bertz CT molecular complexity index is 1520. The number of aromatic nitrogens is 4. The van der Waals surface area contributed by atoms with Crippen molar-refractivity contribution in [1.29, 1.82) is 0 Å². The summed E-state index contributed by atoms with van der Waals surface area (Å²) in [5.41, 5.74) is 4.79. The van der Waals surface area contributed by atoms with E-state index >= 15 is 4.39 Å². The van der Waals surface area contributed by atoms with Gasteiger partial charge in [0, 0.05) is 52.1 Å². The Hall–Kier alpha value is -3.34. The predicted molar refractivity (Wildman–Crippen MR) is 139 cm³/mol. The van der Waals surface area contributed by atoms with E-state index in [2.05, 4.69) is 25.0 Å². The summed E-state index contributed by atoms with van der Waals surface area (Å²) in [7, 11) is 0. The van der Waals surface area contributed by atoms with E-state index < -0.39 is 17.4 Å². The van der Waals surface area contributed by atoms with E-state index in [0.717, 1.165) is 62.6 Å². The molecule has 2 bridgehead atoms. The first-order valence-electron chi connectivity index (χ1n) is 13.3. The zero-order chi connectivity index (χ0) is 26.0. The molecule has 0 aliphatic carbocycles. The fourth-order valence-electron chi connectivity index (χ4n) is 6.16. The average molecular weight is 521 g/mol. The highest BCUT2D eigenvalue weighted by Crippen LogP contribution is 2.35. The molecule has 4 aromatic rings. The molecule has 4 aliphatic heterocycles. The third-order valence-electron chi connectivity index (χ3n) is 8.18. The molecule has 38 heavy (non-hydrogen) atoms. The van der Waals surface area contributed by atoms with Gasteiger partial charge in [-0.25, -0.2) is 13.8 Å². The van der Waals surface area contributed by atoms with Crippen molar-refractivity contribution in [3.8, 4) is 28.4 Å². The molecule has 2 aromatic carbocycles. The number of imidazole rings is 1. The minimum atomic E-state index is -0.736. The molecule has 0 radical (unpaired) electrons. The molecule has 0 spiro atoms. The third-order valence-corrected chi connectivity index (χ3v) is 8.18. The van der Waals surface area contributed by atoms with Crippen molar-refractivity contribution in [2.75, 3.05) is 32.7 Å². The Morgan fingerprint density at radius 3 is 2.66 bits per heavy atom. The van der Waals surface area contributed by atoms with Crippen molar-refractivity contribution in [3.05, 3.63) is 52.9 Å². The van der Waals surface area contributed by atoms with Gasteiger partial charge in [0.2, 0.25) is 0 Å². The van der Waals surface area contributed by atoms with E-state index in [-0.39, 0.29) is 0 Å². The summed E-state index contributed by atoms with van der Waals surface area (Å²) in [6.07, 6.45) is 3.46. The van der Waals surface area contributed by atoms with E-state index in [0.29, 0.717) is 52.2 Å². The Morgan fingerprint density at radius 1 is 1.08 bits per heavy atom. The van der Waals surface area contributed by atoms with E-state index in [9.17, 15) is 9.50 Å². The summed E-state index contributed by atoms with van der Waals surface area (Å²) in [5.74, 6) is -1.06. The van der Waals surface area contributed by atoms with Gasteiger partial charge in [0.25, 0.3) is 0 Å². The number of rotatable bonds is 6. The first-order chi connectivity index (χ1) is 18.4. The van der Waals surface area contributed by atoms with Crippen molar-refractivity contribution < 1.29 is 18.6 Å². The zero-order valence-corrected chi connectivity index (χ0v) is 21.2. The predicted octanol–water partition coefficient (Wildman–Crippen LogP) is 4.00. The minimum absolute atomic E-state index is 0.347. The van der Waals surface area contributed by atoms with Crippen LogP contribution in [0.4, 0.5) is 8.78 Å². The lowest BCUT2D eigenvalue weighted by Crippen LogP contribution is -2.58. The molecule has 198 valence electrons. The second-order valence-electron chi connectivity index (χ2n) is 10.7. The highest BCUT2D eigenvalue weighted by Gasteiger charge is 2.38. The number of aromatic hydroxyl groups is 1. The largest absolute Gasteiger partial charge is 0.505 e. The molecule has 4 aliphatic rings. The summed E-state index contributed by atoms with van der Waals surface area (Å²) >= 11 is 0. The smallest absolute Gasteiger partial charge is 0.165 e. The van der Waals surface area contributed by atoms with Gasteiger partial charge in [0.15, 0.2) is 17.4 Å². The molecular weight excluding hydrogens is 490 g/mol. The number of hydrogen-bond donors (Lipinski definition) is 3. The normalized spacial score (nSPS) is 21.6. The van der Waals surface area contributed by atoms with Crippen molar-refractivity contribution in [1.82, 2.24) is 30.0 Å². The topological polar surface area (TPSA) is 93.3 Å². The van der Waals surface area contributed by atoms with Gasteiger partial charge in [-0.2, -0.15) is 5.10 Å². The maximum atomic E-state index is 15.5. The molecular formula is C28H30F2N6O2. The van der Waals surface area contributed by atoms with Crippen molar-refractivity contribution in [3.63, 3.8) is 0 Å². The number of nitrogens with zero attached hydrogens (tertiary/aromatic N) is 4. The Labute approximate surface area is 218 Å². The first-order valence-corrected chi connectivity index (χ1v) is 13.3. The number of phenolic OH excluding ortho intramolecular Hbond substituents is 1. The maximum Gasteiger partial charge on any atom is 0.165 e. The molecule has 3 saturated heterocycles. The summed E-state index contributed by atoms with van der Waals surface area (Å²) in [6, 6.07) is 5.80. The Morgan fingerprint density at radius 2 is 1.87 bits per heavy atom. The summed E-state index contributed by atoms with van der Waals surface area (Å²) in [4.78, 5) is 13.1. The quantitative estimate of drug-likeness (QED) is 0.356. The third kappa shape index (κ3) is 4.07. The minimum Gasteiger partial charge on any atom is -0.505 e. The molecule has 3 fully saturated rings. The van der Waals surface area contributed by atoms with Crippen LogP contribution in [0.2, 0.25) is 0 Å². The van der Waals surface area contributed by atoms with Crippen LogP contribution in [0.3, 0.4) is 0 Å². The summed E-state index contributed by atoms with van der Waals surface area (Å²) in [6.45, 7) is 7.72. The van der Waals surface area contributed by atoms with Gasteiger partial charge < -0.3 is 14.8 Å². The molecule has 0 amide bonds. The summed E-state index contributed by atoms with van der Waals surface area (Å²) in [5, 5.41) is 17.4. The van der Waals surface area contributed by atoms with Crippen LogP contribution in [0, 0.1) is 11.6 Å². The van der Waals surface area contributed by atoms with Crippen LogP contribution in [0.25, 0.3) is 33.5 Å². The Balaban J connectivity index is 1.12. The second kappa shape index (κ2) is 9.14. The number of benzene rings is 2. The van der Waals surface area contributed by atoms with Gasteiger partial charge in [-0.1, -0.05) is 6.92 Å². The SMILES string of the molecule is CCc1cc(O)c(F)cc1-c1cc(F)c2c(-c3nc4c([nH]3)CN(CCN3CC5CC(C3)O5)CC4)n[nH]c2c1. The molecule has 10 heteroatoms. The second-order valence-corrected chi connectivity index (χ2v) is 10.7. The van der Waals surface area contributed by atoms with E-state index in [1.165, 1.54) is 24.6 Å². The number of piperidine rings is 1. The van der Waals surface area contributed by atoms with Crippen LogP contribution in [-0.2, 0) is 24.1 Å². The van der Waals surface area contributed by atoms with Crippen LogP contribution in [0.15, 0.2) is 24.3 Å². The first kappa shape index (κ1) is 23.8. The lowest BCUT2D eigenvalue weighted by atomic mass is 9.96. The maximum absolute atomic E-state index is 15.5. The molecule has 3 N–H and O–H groups in total. The molecule has 2 unspecified atom stereocenters. The standard InChI is InChI=1S/C28H30F2N6O2/c1-2-15-9-25(37)20(29)11-19(15)16-7-21(30)26-23(8-16)33-34-27(26)28-31-22-3-4-35(14-24(22)32-28)5-6-36-12-17-10-18(13-36)38-17/h7-9,11,17-18,37H,2-6,10,12-14H2,1H3,(H,31,32)(H,33,34). The van der Waals surface area contributed by atoms with Crippen LogP contribution in [-0.4, -0.2) is 80.0 Å². The van der Waals surface area contributed by atoms with E-state index in [1.807, 2.05) is 6.92 Å². The number of halogens is 2. The number of aromatic amines is 2. The molecule has 0 saturated carbocycles. The van der Waals surface area contributed by atoms with E-state index in [4.69, 9.17) is 9.72 Å². The number of fused-ring (bicyclic) bond motifs is 4. The van der Waals surface area contributed by atoms with Gasteiger partial charge in [-0.3, -0.25) is 14.9 Å². The van der Waals surface area contributed by atoms with Gasteiger partial charge in [-0.15, -0.1) is 0 Å². The fraction of sp³-hybridized carbons (Fsp3) is 0.429. The molecule has 2 atom stereocenters. The zero-order valence-electron chi connectivity index (χ0n) is 21.2. The molecule has 8 nitrogen and oxygen atoms in total. The van der Waals surface area contributed by atoms with Crippen LogP contribution < -0.4 is 0 Å². The number of ether oxygens (including phenoxy) is 1. The number of morpholine rings is 1. The molecule has 8 rings (SSSR count). The van der Waals surface area contributed by atoms with Crippen LogP contribution >= 0.6 is 0 Å². The van der Waals surface area contributed by atoms with Crippen molar-refractivity contribution in [2.45, 2.75) is 44.9 Å². The fourth-order valence-corrected chi connectivity index (χ4v) is 6.16. The number of nitrogens with one attached hydrogen (secondary N) is 2. The van der Waals surface area contributed by atoms with Crippen molar-refractivity contribution >= 4 is 10.9 Å². The average Bonchev–Trinajstić information content (AvgIpc) is 3.52. The number of hydrogen-bond acceptors (Lipinski definition) is 6. The van der Waals surface area contributed by atoms with Gasteiger partial charge in [0.05, 0.1) is 34.5 Å². The highest BCUT2D eigenvalue weighted by molar-refractivity contribution is 5.94. The Kier molecular flexibility index (Phi) is 5.72. The monoisotopic (exact) mass is 520 g/mol. The van der Waals surface area contributed by atoms with Gasteiger partial charge >= 0.3 is 0 Å².